The second-order valence-electron chi connectivity index (χ2n) is 5.07. The number of rotatable bonds is 5. The van der Waals surface area contributed by atoms with E-state index in [4.69, 9.17) is 4.74 Å². The third-order valence-electron chi connectivity index (χ3n) is 3.61. The molecule has 0 radical (unpaired) electrons. The molecule has 5 nitrogen and oxygen atoms in total. The maximum absolute atomic E-state index is 11.7. The molecule has 1 aromatic rings. The largest absolute Gasteiger partial charge is 0.462 e. The summed E-state index contributed by atoms with van der Waals surface area (Å²) in [6, 6.07) is 2.27. The van der Waals surface area contributed by atoms with Gasteiger partial charge in [0, 0.05) is 19.3 Å². The molecule has 0 atom stereocenters. The van der Waals surface area contributed by atoms with Gasteiger partial charge in [0.25, 0.3) is 0 Å². The third-order valence-corrected chi connectivity index (χ3v) is 3.61. The number of hydrogen-bond acceptors (Lipinski definition) is 5. The van der Waals surface area contributed by atoms with Crippen LogP contribution in [0.1, 0.15) is 49.4 Å². The summed E-state index contributed by atoms with van der Waals surface area (Å²) in [5.74, 6) is 0.480. The minimum atomic E-state index is -0.333. The summed E-state index contributed by atoms with van der Waals surface area (Å²) in [4.78, 5) is 16.1. The zero-order valence-electron chi connectivity index (χ0n) is 12.2. The van der Waals surface area contributed by atoms with E-state index in [9.17, 15) is 4.79 Å². The van der Waals surface area contributed by atoms with Gasteiger partial charge in [0.2, 0.25) is 0 Å². The normalized spacial score (nSPS) is 15.7. The Bertz CT molecular complexity index is 456. The lowest BCUT2D eigenvalue weighted by Gasteiger charge is -2.24. The van der Waals surface area contributed by atoms with E-state index >= 15 is 0 Å². The molecule has 0 spiro atoms. The monoisotopic (exact) mass is 277 g/mol. The maximum Gasteiger partial charge on any atom is 0.339 e. The molecule has 5 heteroatoms. The van der Waals surface area contributed by atoms with Crippen LogP contribution >= 0.6 is 0 Å². The van der Waals surface area contributed by atoms with Gasteiger partial charge < -0.3 is 15.4 Å². The molecule has 1 aliphatic carbocycles. The Morgan fingerprint density at radius 1 is 1.40 bits per heavy atom. The lowest BCUT2D eigenvalue weighted by Crippen LogP contribution is -2.23. The summed E-state index contributed by atoms with van der Waals surface area (Å²) < 4.78 is 4.99. The van der Waals surface area contributed by atoms with E-state index in [1.165, 1.54) is 32.1 Å². The quantitative estimate of drug-likeness (QED) is 0.810. The van der Waals surface area contributed by atoms with Crippen molar-refractivity contribution in [2.45, 2.75) is 45.1 Å². The van der Waals surface area contributed by atoms with Gasteiger partial charge in [-0.1, -0.05) is 19.3 Å². The first kappa shape index (κ1) is 14.6. The number of ether oxygens (including phenoxy) is 1. The van der Waals surface area contributed by atoms with Crippen LogP contribution < -0.4 is 10.6 Å². The van der Waals surface area contributed by atoms with E-state index in [1.807, 2.05) is 7.05 Å². The lowest BCUT2D eigenvalue weighted by atomic mass is 9.95. The number of pyridine rings is 1. The molecular weight excluding hydrogens is 254 g/mol. The van der Waals surface area contributed by atoms with E-state index in [1.54, 1.807) is 19.2 Å². The van der Waals surface area contributed by atoms with Gasteiger partial charge in [-0.3, -0.25) is 0 Å². The van der Waals surface area contributed by atoms with Gasteiger partial charge in [-0.25, -0.2) is 9.78 Å². The van der Waals surface area contributed by atoms with E-state index in [0.29, 0.717) is 18.2 Å². The molecule has 1 fully saturated rings. The number of anilines is 2. The maximum atomic E-state index is 11.7. The van der Waals surface area contributed by atoms with Crippen LogP contribution in [0.3, 0.4) is 0 Å². The van der Waals surface area contributed by atoms with Crippen LogP contribution in [0.15, 0.2) is 12.3 Å². The molecule has 1 heterocycles. The molecule has 1 saturated carbocycles. The summed E-state index contributed by atoms with van der Waals surface area (Å²) >= 11 is 0. The molecule has 0 saturated heterocycles. The smallest absolute Gasteiger partial charge is 0.339 e. The first-order valence-electron chi connectivity index (χ1n) is 7.36. The van der Waals surface area contributed by atoms with Crippen molar-refractivity contribution in [3.8, 4) is 0 Å². The van der Waals surface area contributed by atoms with Crippen molar-refractivity contribution in [1.82, 2.24) is 4.98 Å². The Balaban J connectivity index is 2.10. The van der Waals surface area contributed by atoms with Gasteiger partial charge in [0.15, 0.2) is 0 Å². The fraction of sp³-hybridized carbons (Fsp3) is 0.600. The molecule has 0 amide bonds. The van der Waals surface area contributed by atoms with Crippen LogP contribution in [0.5, 0.6) is 0 Å². The first-order valence-corrected chi connectivity index (χ1v) is 7.36. The van der Waals surface area contributed by atoms with Crippen LogP contribution in [0.4, 0.5) is 11.5 Å². The number of nitrogens with zero attached hydrogens (tertiary/aromatic N) is 1. The van der Waals surface area contributed by atoms with Crippen LogP contribution in [-0.4, -0.2) is 30.6 Å². The minimum Gasteiger partial charge on any atom is -0.462 e. The Morgan fingerprint density at radius 2 is 2.15 bits per heavy atom. The minimum absolute atomic E-state index is 0.333. The molecule has 110 valence electrons. The molecule has 2 rings (SSSR count). The Kier molecular flexibility index (Phi) is 5.21. The highest BCUT2D eigenvalue weighted by Crippen LogP contribution is 2.25. The summed E-state index contributed by atoms with van der Waals surface area (Å²) in [6.07, 6.45) is 7.81. The van der Waals surface area contributed by atoms with Crippen LogP contribution in [0.25, 0.3) is 0 Å². The number of hydrogen-bond donors (Lipinski definition) is 2. The predicted molar refractivity (Wildman–Crippen MR) is 80.2 cm³/mol. The van der Waals surface area contributed by atoms with Crippen LogP contribution in [-0.2, 0) is 4.74 Å². The highest BCUT2D eigenvalue weighted by atomic mass is 16.5. The number of aromatic nitrogens is 1. The molecule has 2 N–H and O–H groups in total. The van der Waals surface area contributed by atoms with Gasteiger partial charge in [-0.2, -0.15) is 0 Å². The number of esters is 1. The summed E-state index contributed by atoms with van der Waals surface area (Å²) in [7, 11) is 1.83. The Morgan fingerprint density at radius 3 is 2.80 bits per heavy atom. The number of carbonyl (C=O) groups excluding carboxylic acids is 1. The lowest BCUT2D eigenvalue weighted by molar-refractivity contribution is 0.0526. The highest BCUT2D eigenvalue weighted by Gasteiger charge is 2.16. The van der Waals surface area contributed by atoms with Crippen molar-refractivity contribution in [3.05, 3.63) is 17.8 Å². The van der Waals surface area contributed by atoms with Crippen LogP contribution in [0, 0.1) is 0 Å². The van der Waals surface area contributed by atoms with Gasteiger partial charge in [-0.15, -0.1) is 0 Å². The van der Waals surface area contributed by atoms with Crippen molar-refractivity contribution in [2.24, 2.45) is 0 Å². The van der Waals surface area contributed by atoms with E-state index in [2.05, 4.69) is 15.6 Å². The summed E-state index contributed by atoms with van der Waals surface area (Å²) in [6.45, 7) is 2.17. The van der Waals surface area contributed by atoms with Crippen LogP contribution in [0.2, 0.25) is 0 Å². The zero-order valence-corrected chi connectivity index (χ0v) is 12.2. The van der Waals surface area contributed by atoms with E-state index < -0.39 is 0 Å². The third kappa shape index (κ3) is 3.62. The highest BCUT2D eigenvalue weighted by molar-refractivity contribution is 5.91. The molecule has 1 aromatic heterocycles. The molecule has 0 unspecified atom stereocenters. The van der Waals surface area contributed by atoms with Crippen molar-refractivity contribution in [3.63, 3.8) is 0 Å². The summed E-state index contributed by atoms with van der Waals surface area (Å²) in [5, 5.41) is 6.56. The molecule has 1 aliphatic rings. The second kappa shape index (κ2) is 7.12. The molecule has 0 aromatic carbocycles. The fourth-order valence-corrected chi connectivity index (χ4v) is 2.54. The molecule has 20 heavy (non-hydrogen) atoms. The second-order valence-corrected chi connectivity index (χ2v) is 5.07. The zero-order chi connectivity index (χ0) is 14.4. The van der Waals surface area contributed by atoms with Gasteiger partial charge >= 0.3 is 5.97 Å². The van der Waals surface area contributed by atoms with Crippen molar-refractivity contribution in [1.29, 1.82) is 0 Å². The topological polar surface area (TPSA) is 63.2 Å². The number of nitrogens with one attached hydrogen (secondary N) is 2. The van der Waals surface area contributed by atoms with Gasteiger partial charge in [0.05, 0.1) is 17.9 Å². The average Bonchev–Trinajstić information content (AvgIpc) is 2.49. The molecular formula is C15H23N3O2. The average molecular weight is 277 g/mol. The summed E-state index contributed by atoms with van der Waals surface area (Å²) in [5.41, 5.74) is 1.31. The predicted octanol–water partition coefficient (Wildman–Crippen LogP) is 3.04. The number of carbonyl (C=O) groups is 1. The van der Waals surface area contributed by atoms with Crippen molar-refractivity contribution < 1.29 is 9.53 Å². The fourth-order valence-electron chi connectivity index (χ4n) is 2.54. The van der Waals surface area contributed by atoms with Gasteiger partial charge in [0.1, 0.15) is 5.82 Å². The van der Waals surface area contributed by atoms with Gasteiger partial charge in [-0.05, 0) is 25.8 Å². The standard InChI is InChI=1S/C15H23N3O2/c1-3-20-15(19)11-9-13(16-2)14(17-10-11)18-12-7-5-4-6-8-12/h9-10,12,16H,3-8H2,1-2H3,(H,17,18). The van der Waals surface area contributed by atoms with Crippen molar-refractivity contribution >= 4 is 17.5 Å². The molecule has 0 aliphatic heterocycles. The Hall–Kier alpha value is -1.78. The van der Waals surface area contributed by atoms with E-state index in [0.717, 1.165) is 11.5 Å². The SMILES string of the molecule is CCOC(=O)c1cnc(NC2CCCCC2)c(NC)c1. The van der Waals surface area contributed by atoms with E-state index in [-0.39, 0.29) is 5.97 Å². The first-order chi connectivity index (χ1) is 9.74. The molecule has 0 bridgehead atoms. The Labute approximate surface area is 120 Å². The van der Waals surface area contributed by atoms with Crippen molar-refractivity contribution in [2.75, 3.05) is 24.3 Å².